The number of thioether (sulfide) groups is 1. The fourth-order valence-corrected chi connectivity index (χ4v) is 4.13. The maximum absolute atomic E-state index is 12.5. The van der Waals surface area contributed by atoms with Crippen molar-refractivity contribution < 1.29 is 22.1 Å². The van der Waals surface area contributed by atoms with Crippen LogP contribution in [0.5, 0.6) is 11.5 Å². The molecule has 0 spiro atoms. The number of halogens is 1. The summed E-state index contributed by atoms with van der Waals surface area (Å²) in [5.74, 6) is -0.666. The molecule has 0 saturated heterocycles. The third kappa shape index (κ3) is 4.46. The van der Waals surface area contributed by atoms with Gasteiger partial charge in [0, 0.05) is 5.92 Å². The molecule has 0 atom stereocenters. The number of benzene rings is 1. The Morgan fingerprint density at radius 2 is 2.03 bits per heavy atom. The van der Waals surface area contributed by atoms with E-state index in [1.807, 2.05) is 13.8 Å². The third-order valence-electron chi connectivity index (χ3n) is 3.76. The molecule has 1 aromatic carbocycles. The minimum absolute atomic E-state index is 0.0120. The first-order chi connectivity index (χ1) is 13.5. The summed E-state index contributed by atoms with van der Waals surface area (Å²) in [7, 11) is -2.50. The first-order valence-electron chi connectivity index (χ1n) is 8.27. The summed E-state index contributed by atoms with van der Waals surface area (Å²) in [5.41, 5.74) is 0.414. The summed E-state index contributed by atoms with van der Waals surface area (Å²) < 4.78 is 32.9. The average Bonchev–Trinajstić information content (AvgIpc) is 3.04. The monoisotopic (exact) mass is 456 g/mol. The highest BCUT2D eigenvalue weighted by Crippen LogP contribution is 2.38. The summed E-state index contributed by atoms with van der Waals surface area (Å²) in [6.45, 7) is 3.92. The fourth-order valence-electron chi connectivity index (χ4n) is 2.46. The van der Waals surface area contributed by atoms with Crippen LogP contribution in [0.15, 0.2) is 27.8 Å². The average molecular weight is 457 g/mol. The number of aliphatic imine (C=N–C) groups is 1. The van der Waals surface area contributed by atoms with E-state index in [0.29, 0.717) is 10.7 Å². The zero-order valence-corrected chi connectivity index (χ0v) is 18.3. The number of hydrazone groups is 1. The number of hydrogen-bond donors (Lipinski definition) is 1. The quantitative estimate of drug-likeness (QED) is 0.533. The lowest BCUT2D eigenvalue weighted by atomic mass is 10.1. The van der Waals surface area contributed by atoms with Crippen molar-refractivity contribution in [3.63, 3.8) is 0 Å². The largest absolute Gasteiger partial charge is 0.493 e. The molecule has 0 aromatic heterocycles. The molecule has 0 saturated carbocycles. The first-order valence-corrected chi connectivity index (χ1v) is 11.3. The molecule has 1 N–H and O–H groups in total. The number of nitrogens with zero attached hydrogens (tertiary/aromatic N) is 3. The Labute approximate surface area is 177 Å². The van der Waals surface area contributed by atoms with E-state index in [0.717, 1.165) is 11.3 Å². The van der Waals surface area contributed by atoms with Gasteiger partial charge in [0.05, 0.1) is 24.0 Å². The molecule has 1 aromatic rings. The van der Waals surface area contributed by atoms with Gasteiger partial charge in [-0.25, -0.2) is 0 Å². The number of ether oxygens (including phenoxy) is 1. The van der Waals surface area contributed by atoms with Crippen molar-refractivity contribution >= 4 is 61.5 Å². The predicted octanol–water partition coefficient (Wildman–Crippen LogP) is 2.96. The van der Waals surface area contributed by atoms with Crippen molar-refractivity contribution in [3.8, 4) is 11.5 Å². The summed E-state index contributed by atoms with van der Waals surface area (Å²) in [6, 6.07) is 2.85. The number of carbonyl (C=O) groups excluding carboxylic acids is 1. The molecular weight excluding hydrogens is 440 g/mol. The summed E-state index contributed by atoms with van der Waals surface area (Å²) in [6.07, 6.45) is 2.30. The van der Waals surface area contributed by atoms with Gasteiger partial charge in [-0.2, -0.15) is 23.5 Å². The second kappa shape index (κ2) is 7.81. The molecule has 29 heavy (non-hydrogen) atoms. The van der Waals surface area contributed by atoms with Crippen LogP contribution in [0.2, 0.25) is 5.02 Å². The molecule has 2 aliphatic rings. The van der Waals surface area contributed by atoms with E-state index >= 15 is 0 Å². The molecule has 9 nitrogen and oxygen atoms in total. The number of rotatable bonds is 5. The second-order valence-corrected chi connectivity index (χ2v) is 9.40. The van der Waals surface area contributed by atoms with Crippen LogP contribution in [-0.2, 0) is 14.9 Å². The highest BCUT2D eigenvalue weighted by atomic mass is 35.5. The Kier molecular flexibility index (Phi) is 5.74. The molecule has 2 heterocycles. The molecule has 3 rings (SSSR count). The van der Waals surface area contributed by atoms with Crippen molar-refractivity contribution in [3.05, 3.63) is 28.3 Å². The van der Waals surface area contributed by atoms with Crippen molar-refractivity contribution in [1.29, 1.82) is 5.41 Å². The normalized spacial score (nSPS) is 18.1. The van der Waals surface area contributed by atoms with Crippen LogP contribution in [-0.4, -0.2) is 48.7 Å². The Bertz CT molecular complexity index is 1110. The van der Waals surface area contributed by atoms with Gasteiger partial charge in [-0.05, 0) is 35.5 Å². The van der Waals surface area contributed by atoms with Crippen LogP contribution in [0.1, 0.15) is 19.4 Å². The van der Waals surface area contributed by atoms with Crippen molar-refractivity contribution in [2.45, 2.75) is 13.8 Å². The summed E-state index contributed by atoms with van der Waals surface area (Å²) in [4.78, 5) is 16.5. The number of methoxy groups -OCH3 is 1. The Balaban J connectivity index is 2.01. The van der Waals surface area contributed by atoms with Crippen LogP contribution in [0, 0.1) is 11.3 Å². The highest BCUT2D eigenvalue weighted by Gasteiger charge is 2.36. The lowest BCUT2D eigenvalue weighted by molar-refractivity contribution is -0.114. The molecule has 1 amide bonds. The van der Waals surface area contributed by atoms with E-state index < -0.39 is 16.0 Å². The molecule has 12 heteroatoms. The van der Waals surface area contributed by atoms with Gasteiger partial charge >= 0.3 is 10.1 Å². The number of nitrogens with one attached hydrogen (secondary N) is 1. The Hall–Kier alpha value is -2.37. The molecule has 0 fully saturated rings. The van der Waals surface area contributed by atoms with Gasteiger partial charge in [0.15, 0.2) is 11.6 Å². The van der Waals surface area contributed by atoms with E-state index in [1.165, 1.54) is 42.1 Å². The maximum atomic E-state index is 12.5. The fraction of sp³-hybridized carbons (Fsp3) is 0.294. The molecule has 0 aliphatic carbocycles. The molecule has 2 aliphatic heterocycles. The smallest absolute Gasteiger partial charge is 0.306 e. The number of amides is 1. The van der Waals surface area contributed by atoms with Gasteiger partial charge in [0.25, 0.3) is 5.91 Å². The van der Waals surface area contributed by atoms with E-state index in [1.54, 1.807) is 0 Å². The van der Waals surface area contributed by atoms with Gasteiger partial charge in [0.2, 0.25) is 10.9 Å². The van der Waals surface area contributed by atoms with E-state index in [2.05, 4.69) is 10.1 Å². The number of fused-ring (bicyclic) bond motifs is 1. The van der Waals surface area contributed by atoms with Gasteiger partial charge < -0.3 is 8.92 Å². The zero-order valence-electron chi connectivity index (χ0n) is 15.9. The van der Waals surface area contributed by atoms with Gasteiger partial charge in [-0.15, -0.1) is 0 Å². The van der Waals surface area contributed by atoms with Crippen molar-refractivity contribution in [2.24, 2.45) is 16.0 Å². The van der Waals surface area contributed by atoms with Crippen LogP contribution >= 0.6 is 23.4 Å². The standard InChI is InChI=1S/C17H17ClN4O5S2/c1-8(2)16-21-22-14(19)10(15(23)20-17(22)28-16)5-9-6-11(18)13(12(7-9)26-3)27-29(4,24)25/h5-8,19H,1-4H3/b10-5-,19-14?. The van der Waals surface area contributed by atoms with E-state index in [9.17, 15) is 13.2 Å². The van der Waals surface area contributed by atoms with Gasteiger partial charge in [-0.1, -0.05) is 25.4 Å². The lowest BCUT2D eigenvalue weighted by Gasteiger charge is -2.20. The topological polar surface area (TPSA) is 121 Å². The zero-order chi connectivity index (χ0) is 21.5. The minimum atomic E-state index is -3.82. The minimum Gasteiger partial charge on any atom is -0.493 e. The van der Waals surface area contributed by atoms with Gasteiger partial charge in [-0.3, -0.25) is 10.2 Å². The number of amidine groups is 2. The Morgan fingerprint density at radius 1 is 1.34 bits per heavy atom. The predicted molar refractivity (Wildman–Crippen MR) is 113 cm³/mol. The first kappa shape index (κ1) is 21.3. The molecule has 0 bridgehead atoms. The van der Waals surface area contributed by atoms with E-state index in [4.69, 9.17) is 25.9 Å². The SMILES string of the molecule is COc1cc(/C=C2/C(=N)N3N=C(C(C)C)SC3=NC2=O)cc(Cl)c1OS(C)(=O)=O. The maximum Gasteiger partial charge on any atom is 0.306 e. The Morgan fingerprint density at radius 3 is 2.62 bits per heavy atom. The number of hydrogen-bond acceptors (Lipinski definition) is 8. The summed E-state index contributed by atoms with van der Waals surface area (Å²) >= 11 is 7.41. The molecular formula is C17H17ClN4O5S2. The number of carbonyl (C=O) groups is 1. The van der Waals surface area contributed by atoms with Crippen molar-refractivity contribution in [2.75, 3.05) is 13.4 Å². The van der Waals surface area contributed by atoms with Crippen molar-refractivity contribution in [1.82, 2.24) is 5.01 Å². The summed E-state index contributed by atoms with van der Waals surface area (Å²) in [5, 5.41) is 15.1. The third-order valence-corrected chi connectivity index (χ3v) is 5.72. The van der Waals surface area contributed by atoms with Gasteiger partial charge in [0.1, 0.15) is 5.04 Å². The van der Waals surface area contributed by atoms with Crippen LogP contribution in [0.3, 0.4) is 0 Å². The lowest BCUT2D eigenvalue weighted by Crippen LogP contribution is -2.35. The second-order valence-electron chi connectivity index (χ2n) is 6.43. The molecule has 154 valence electrons. The van der Waals surface area contributed by atoms with Crippen LogP contribution < -0.4 is 8.92 Å². The van der Waals surface area contributed by atoms with Crippen LogP contribution in [0.4, 0.5) is 0 Å². The molecule has 0 unspecified atom stereocenters. The van der Waals surface area contributed by atoms with Crippen LogP contribution in [0.25, 0.3) is 6.08 Å². The highest BCUT2D eigenvalue weighted by molar-refractivity contribution is 8.27. The molecule has 0 radical (unpaired) electrons. The van der Waals surface area contributed by atoms with E-state index in [-0.39, 0.29) is 33.8 Å².